The molecule has 0 radical (unpaired) electrons. The fourth-order valence-electron chi connectivity index (χ4n) is 3.92. The molecule has 2 N–H and O–H groups in total. The van der Waals surface area contributed by atoms with E-state index < -0.39 is 23.8 Å². The number of halogens is 1. The van der Waals surface area contributed by atoms with E-state index in [4.69, 9.17) is 24.7 Å². The fourth-order valence-corrected chi connectivity index (χ4v) is 3.92. The van der Waals surface area contributed by atoms with Gasteiger partial charge in [0.2, 0.25) is 5.88 Å². The molecule has 2 atom stereocenters. The average molecular weight is 503 g/mol. The van der Waals surface area contributed by atoms with Crippen LogP contribution in [-0.2, 0) is 4.79 Å². The van der Waals surface area contributed by atoms with Crippen molar-refractivity contribution in [2.75, 3.05) is 6.61 Å². The van der Waals surface area contributed by atoms with Crippen molar-refractivity contribution >= 4 is 5.97 Å². The Bertz CT molecular complexity index is 1350. The van der Waals surface area contributed by atoms with Crippen molar-refractivity contribution in [3.8, 4) is 29.1 Å². The van der Waals surface area contributed by atoms with E-state index in [0.717, 1.165) is 18.4 Å². The first kappa shape index (κ1) is 25.6. The summed E-state index contributed by atoms with van der Waals surface area (Å²) in [5.74, 6) is 0.0927. The molecule has 0 aliphatic carbocycles. The molecular formula is C29H27FN2O5. The summed E-state index contributed by atoms with van der Waals surface area (Å²) in [7, 11) is 0. The number of carbonyl (C=O) groups is 1. The van der Waals surface area contributed by atoms with Crippen molar-refractivity contribution in [1.29, 1.82) is 5.26 Å². The average Bonchev–Trinajstić information content (AvgIpc) is 2.89. The highest BCUT2D eigenvalue weighted by atomic mass is 19.1. The molecule has 3 aromatic rings. The van der Waals surface area contributed by atoms with Crippen molar-refractivity contribution in [1.82, 2.24) is 0 Å². The van der Waals surface area contributed by atoms with Gasteiger partial charge < -0.3 is 24.7 Å². The molecule has 4 rings (SSSR count). The maximum atomic E-state index is 13.1. The normalized spacial score (nSPS) is 15.1. The lowest BCUT2D eigenvalue weighted by molar-refractivity contribution is -0.141. The molecule has 1 heterocycles. The molecule has 1 aliphatic rings. The molecule has 0 saturated carbocycles. The lowest BCUT2D eigenvalue weighted by atomic mass is 9.83. The Balaban J connectivity index is 1.55. The first-order valence-electron chi connectivity index (χ1n) is 12.0. The van der Waals surface area contributed by atoms with Crippen molar-refractivity contribution in [3.05, 3.63) is 95.1 Å². The van der Waals surface area contributed by atoms with Crippen molar-refractivity contribution in [3.63, 3.8) is 0 Å². The lowest BCUT2D eigenvalue weighted by Gasteiger charge is -2.27. The van der Waals surface area contributed by atoms with Crippen molar-refractivity contribution in [2.24, 2.45) is 5.73 Å². The quantitative estimate of drug-likeness (QED) is 0.231. The Morgan fingerprint density at radius 2 is 1.86 bits per heavy atom. The highest BCUT2D eigenvalue weighted by Crippen LogP contribution is 2.44. The molecule has 3 aromatic carbocycles. The number of rotatable bonds is 9. The van der Waals surface area contributed by atoms with Gasteiger partial charge in [0, 0.05) is 11.6 Å². The van der Waals surface area contributed by atoms with Gasteiger partial charge in [-0.25, -0.2) is 9.18 Å². The second-order valence-electron chi connectivity index (χ2n) is 8.53. The summed E-state index contributed by atoms with van der Waals surface area (Å²) in [4.78, 5) is 12.6. The van der Waals surface area contributed by atoms with Crippen LogP contribution in [0.2, 0.25) is 0 Å². The molecule has 0 saturated heterocycles. The van der Waals surface area contributed by atoms with Crippen LogP contribution in [0.1, 0.15) is 43.7 Å². The van der Waals surface area contributed by atoms with Crippen molar-refractivity contribution < 1.29 is 28.1 Å². The van der Waals surface area contributed by atoms with E-state index in [9.17, 15) is 14.4 Å². The Kier molecular flexibility index (Phi) is 7.94. The summed E-state index contributed by atoms with van der Waals surface area (Å²) in [6.07, 6.45) is 1.02. The Morgan fingerprint density at radius 3 is 2.59 bits per heavy atom. The van der Waals surface area contributed by atoms with Crippen LogP contribution < -0.4 is 24.7 Å². The van der Waals surface area contributed by atoms with Gasteiger partial charge >= 0.3 is 5.97 Å². The minimum absolute atomic E-state index is 0.0196. The molecule has 0 fully saturated rings. The van der Waals surface area contributed by atoms with Gasteiger partial charge in [0.25, 0.3) is 0 Å². The summed E-state index contributed by atoms with van der Waals surface area (Å²) in [5, 5.41) is 9.83. The van der Waals surface area contributed by atoms with E-state index in [-0.39, 0.29) is 17.2 Å². The van der Waals surface area contributed by atoms with Gasteiger partial charge in [0.15, 0.2) is 6.10 Å². The van der Waals surface area contributed by atoms with Crippen LogP contribution >= 0.6 is 0 Å². The van der Waals surface area contributed by atoms with Crippen LogP contribution in [0.3, 0.4) is 0 Å². The van der Waals surface area contributed by atoms with Crippen LogP contribution in [0, 0.1) is 17.1 Å². The summed E-state index contributed by atoms with van der Waals surface area (Å²) in [6.45, 7) is 4.23. The smallest absolute Gasteiger partial charge is 0.352 e. The van der Waals surface area contributed by atoms with E-state index in [0.29, 0.717) is 29.4 Å². The zero-order chi connectivity index (χ0) is 26.4. The molecule has 37 heavy (non-hydrogen) atoms. The monoisotopic (exact) mass is 502 g/mol. The van der Waals surface area contributed by atoms with E-state index in [1.54, 1.807) is 18.2 Å². The SMILES string of the molecule is CCCCOc1cccc(C2C(C#N)=C(N)Oc3cc(OC(=O)C(C)Oc4ccc(F)cc4)ccc32)c1. The van der Waals surface area contributed by atoms with E-state index >= 15 is 0 Å². The standard InChI is InChI=1S/C29H27FN2O5/c1-3-4-14-34-22-7-5-6-19(15-22)27-24-13-12-23(16-26(24)37-28(32)25(27)17-31)36-29(33)18(2)35-21-10-8-20(30)9-11-21/h5-13,15-16,18,27H,3-4,14,32H2,1-2H3. The van der Waals surface area contributed by atoms with Gasteiger partial charge in [-0.15, -0.1) is 0 Å². The summed E-state index contributed by atoms with van der Waals surface area (Å²) < 4.78 is 35.7. The minimum Gasteiger partial charge on any atom is -0.494 e. The summed E-state index contributed by atoms with van der Waals surface area (Å²) in [6, 6.07) is 19.9. The van der Waals surface area contributed by atoms with Crippen LogP contribution in [-0.4, -0.2) is 18.7 Å². The number of unbranched alkanes of at least 4 members (excludes halogenated alkanes) is 1. The molecule has 0 amide bonds. The highest BCUT2D eigenvalue weighted by molar-refractivity contribution is 5.77. The number of carbonyl (C=O) groups excluding carboxylic acids is 1. The first-order valence-corrected chi connectivity index (χ1v) is 12.0. The minimum atomic E-state index is -0.944. The molecule has 190 valence electrons. The first-order chi connectivity index (χ1) is 17.9. The van der Waals surface area contributed by atoms with Crippen LogP contribution in [0.4, 0.5) is 4.39 Å². The summed E-state index contributed by atoms with van der Waals surface area (Å²) >= 11 is 0. The van der Waals surface area contributed by atoms with Gasteiger partial charge in [0.1, 0.15) is 40.5 Å². The summed E-state index contributed by atoms with van der Waals surface area (Å²) in [5.41, 5.74) is 7.92. The maximum absolute atomic E-state index is 13.1. The lowest BCUT2D eigenvalue weighted by Crippen LogP contribution is -2.28. The number of hydrogen-bond acceptors (Lipinski definition) is 7. The van der Waals surface area contributed by atoms with E-state index in [1.165, 1.54) is 31.2 Å². The largest absolute Gasteiger partial charge is 0.494 e. The number of nitrogens with two attached hydrogens (primary N) is 1. The third kappa shape index (κ3) is 6.01. The zero-order valence-corrected chi connectivity index (χ0v) is 20.6. The third-order valence-corrected chi connectivity index (χ3v) is 5.83. The topological polar surface area (TPSA) is 104 Å². The number of fused-ring (bicyclic) bond motifs is 1. The third-order valence-electron chi connectivity index (χ3n) is 5.83. The number of nitrogens with zero attached hydrogens (tertiary/aromatic N) is 1. The molecule has 7 nitrogen and oxygen atoms in total. The molecule has 2 unspecified atom stereocenters. The van der Waals surface area contributed by atoms with E-state index in [1.807, 2.05) is 24.3 Å². The Hall–Kier alpha value is -4.51. The number of nitriles is 1. The second kappa shape index (κ2) is 11.5. The van der Waals surface area contributed by atoms with Crippen LogP contribution in [0.15, 0.2) is 78.2 Å². The molecular weight excluding hydrogens is 475 g/mol. The molecule has 0 spiro atoms. The van der Waals surface area contributed by atoms with Crippen LogP contribution in [0.25, 0.3) is 0 Å². The zero-order valence-electron chi connectivity index (χ0n) is 20.6. The number of benzene rings is 3. The number of esters is 1. The maximum Gasteiger partial charge on any atom is 0.352 e. The van der Waals surface area contributed by atoms with E-state index in [2.05, 4.69) is 13.0 Å². The second-order valence-corrected chi connectivity index (χ2v) is 8.53. The fraction of sp³-hybridized carbons (Fsp3) is 0.241. The predicted molar refractivity (Wildman–Crippen MR) is 135 cm³/mol. The Labute approximate surface area is 214 Å². The van der Waals surface area contributed by atoms with Gasteiger partial charge in [-0.05, 0) is 61.4 Å². The van der Waals surface area contributed by atoms with Gasteiger partial charge in [-0.3, -0.25) is 0 Å². The number of allylic oxidation sites excluding steroid dienone is 1. The van der Waals surface area contributed by atoms with Gasteiger partial charge in [-0.1, -0.05) is 31.5 Å². The molecule has 0 bridgehead atoms. The highest BCUT2D eigenvalue weighted by Gasteiger charge is 2.31. The van der Waals surface area contributed by atoms with Crippen LogP contribution in [0.5, 0.6) is 23.0 Å². The number of ether oxygens (including phenoxy) is 4. The molecule has 8 heteroatoms. The van der Waals surface area contributed by atoms with Gasteiger partial charge in [-0.2, -0.15) is 5.26 Å². The van der Waals surface area contributed by atoms with Gasteiger partial charge in [0.05, 0.1) is 12.5 Å². The Morgan fingerprint density at radius 1 is 1.11 bits per heavy atom. The number of hydrogen-bond donors (Lipinski definition) is 1. The molecule has 0 aromatic heterocycles. The molecule has 1 aliphatic heterocycles. The van der Waals surface area contributed by atoms with Crippen molar-refractivity contribution in [2.45, 2.75) is 38.7 Å². The predicted octanol–water partition coefficient (Wildman–Crippen LogP) is 5.60.